The Balaban J connectivity index is 1.03. The summed E-state index contributed by atoms with van der Waals surface area (Å²) in [5, 5.41) is 5.35. The second kappa shape index (κ2) is 13.1. The standard InChI is InChI=1S/C30H36F3N5O4/c31-30(32,33)23-3-1-2-22(18-23)28(40)34-19-27(39)35-24-8-11-38(20-24)26-9-12-36(13-10-26)25-6-4-21(5-7-25)29(41)37-14-16-42-17-15-37/h1-7,18,24,26H,8-17,19-20H2,(H,34,40)(H,35,39)/t24-/m0/s1. The van der Waals surface area contributed by atoms with Gasteiger partial charge >= 0.3 is 6.18 Å². The van der Waals surface area contributed by atoms with Gasteiger partial charge in [0.1, 0.15) is 0 Å². The van der Waals surface area contributed by atoms with Crippen molar-refractivity contribution >= 4 is 23.4 Å². The van der Waals surface area contributed by atoms with Crippen molar-refractivity contribution in [2.75, 3.05) is 63.9 Å². The van der Waals surface area contributed by atoms with E-state index >= 15 is 0 Å². The summed E-state index contributed by atoms with van der Waals surface area (Å²) in [7, 11) is 0. The highest BCUT2D eigenvalue weighted by atomic mass is 19.4. The third kappa shape index (κ3) is 7.40. The van der Waals surface area contributed by atoms with Crippen LogP contribution in [0.4, 0.5) is 18.9 Å². The van der Waals surface area contributed by atoms with Crippen molar-refractivity contribution in [3.8, 4) is 0 Å². The first-order valence-corrected chi connectivity index (χ1v) is 14.4. The van der Waals surface area contributed by atoms with Gasteiger partial charge in [-0.3, -0.25) is 19.3 Å². The molecule has 3 saturated heterocycles. The van der Waals surface area contributed by atoms with Gasteiger partial charge in [0.15, 0.2) is 0 Å². The van der Waals surface area contributed by atoms with Gasteiger partial charge in [-0.2, -0.15) is 13.2 Å². The monoisotopic (exact) mass is 587 g/mol. The molecule has 0 aromatic heterocycles. The van der Waals surface area contributed by atoms with Gasteiger partial charge in [0.05, 0.1) is 25.3 Å². The zero-order chi connectivity index (χ0) is 29.7. The van der Waals surface area contributed by atoms with Gasteiger partial charge in [-0.25, -0.2) is 0 Å². The van der Waals surface area contributed by atoms with Crippen molar-refractivity contribution in [3.63, 3.8) is 0 Å². The van der Waals surface area contributed by atoms with Crippen LogP contribution in [-0.2, 0) is 15.7 Å². The van der Waals surface area contributed by atoms with Crippen LogP contribution in [0.15, 0.2) is 48.5 Å². The van der Waals surface area contributed by atoms with E-state index in [1.165, 1.54) is 12.1 Å². The number of hydrogen-bond donors (Lipinski definition) is 2. The molecule has 0 spiro atoms. The first-order valence-electron chi connectivity index (χ1n) is 14.4. The lowest BCUT2D eigenvalue weighted by molar-refractivity contribution is -0.137. The van der Waals surface area contributed by atoms with E-state index in [-0.39, 0.29) is 30.0 Å². The molecule has 3 aliphatic heterocycles. The van der Waals surface area contributed by atoms with Crippen molar-refractivity contribution in [2.24, 2.45) is 0 Å². The van der Waals surface area contributed by atoms with Crippen LogP contribution in [-0.4, -0.2) is 98.6 Å². The van der Waals surface area contributed by atoms with Gasteiger partial charge in [0.25, 0.3) is 11.8 Å². The van der Waals surface area contributed by atoms with Gasteiger partial charge < -0.3 is 25.2 Å². The number of rotatable bonds is 7. The van der Waals surface area contributed by atoms with Crippen molar-refractivity contribution in [1.82, 2.24) is 20.4 Å². The Kier molecular flexibility index (Phi) is 9.32. The summed E-state index contributed by atoms with van der Waals surface area (Å²) in [4.78, 5) is 44.0. The van der Waals surface area contributed by atoms with E-state index in [2.05, 4.69) is 20.4 Å². The Hall–Kier alpha value is -3.64. The number of anilines is 1. The first-order chi connectivity index (χ1) is 20.2. The Morgan fingerprint density at radius 2 is 1.60 bits per heavy atom. The van der Waals surface area contributed by atoms with Gasteiger partial charge in [-0.05, 0) is 61.7 Å². The highest BCUT2D eigenvalue weighted by molar-refractivity contribution is 5.96. The maximum atomic E-state index is 12.9. The van der Waals surface area contributed by atoms with E-state index in [0.717, 1.165) is 63.3 Å². The lowest BCUT2D eigenvalue weighted by Gasteiger charge is -2.38. The minimum Gasteiger partial charge on any atom is -0.378 e. The van der Waals surface area contributed by atoms with Crippen LogP contribution >= 0.6 is 0 Å². The van der Waals surface area contributed by atoms with Crippen LogP contribution in [0.5, 0.6) is 0 Å². The number of likely N-dealkylation sites (tertiary alicyclic amines) is 1. The van der Waals surface area contributed by atoms with Gasteiger partial charge in [-0.1, -0.05) is 6.07 Å². The van der Waals surface area contributed by atoms with Crippen LogP contribution in [0, 0.1) is 0 Å². The summed E-state index contributed by atoms with van der Waals surface area (Å²) in [6.07, 6.45) is -1.77. The predicted octanol–water partition coefficient (Wildman–Crippen LogP) is 2.77. The molecular weight excluding hydrogens is 551 g/mol. The lowest BCUT2D eigenvalue weighted by atomic mass is 10.0. The van der Waals surface area contributed by atoms with Crippen LogP contribution < -0.4 is 15.5 Å². The Morgan fingerprint density at radius 3 is 2.29 bits per heavy atom. The second-order valence-electron chi connectivity index (χ2n) is 11.0. The maximum Gasteiger partial charge on any atom is 0.416 e. The molecule has 3 heterocycles. The molecule has 226 valence electrons. The zero-order valence-electron chi connectivity index (χ0n) is 23.4. The molecule has 0 bridgehead atoms. The van der Waals surface area contributed by atoms with Crippen LogP contribution in [0.1, 0.15) is 45.5 Å². The van der Waals surface area contributed by atoms with Gasteiger partial charge in [0.2, 0.25) is 5.91 Å². The average molecular weight is 588 g/mol. The third-order valence-electron chi connectivity index (χ3n) is 8.20. The number of halogens is 3. The number of benzene rings is 2. The fourth-order valence-corrected chi connectivity index (χ4v) is 5.87. The van der Waals surface area contributed by atoms with E-state index in [1.54, 1.807) is 0 Å². The first kappa shape index (κ1) is 29.8. The molecule has 0 unspecified atom stereocenters. The number of carbonyl (C=O) groups is 3. The van der Waals surface area contributed by atoms with E-state index in [1.807, 2.05) is 29.2 Å². The van der Waals surface area contributed by atoms with Gasteiger partial charge in [0, 0.05) is 68.2 Å². The minimum absolute atomic E-state index is 0.0392. The quantitative estimate of drug-likeness (QED) is 0.518. The molecule has 0 saturated carbocycles. The van der Waals surface area contributed by atoms with Crippen molar-refractivity contribution in [3.05, 3.63) is 65.2 Å². The topological polar surface area (TPSA) is 94.2 Å². The molecule has 9 nitrogen and oxygen atoms in total. The van der Waals surface area contributed by atoms with Crippen molar-refractivity contribution < 1.29 is 32.3 Å². The predicted molar refractivity (Wildman–Crippen MR) is 150 cm³/mol. The van der Waals surface area contributed by atoms with Crippen molar-refractivity contribution in [2.45, 2.75) is 37.5 Å². The molecule has 3 aliphatic rings. The minimum atomic E-state index is -4.55. The second-order valence-corrected chi connectivity index (χ2v) is 11.0. The fraction of sp³-hybridized carbons (Fsp3) is 0.500. The summed E-state index contributed by atoms with van der Waals surface area (Å²) in [5.41, 5.74) is 0.737. The Labute approximate surface area is 243 Å². The molecule has 3 amide bonds. The zero-order valence-corrected chi connectivity index (χ0v) is 23.4. The summed E-state index contributed by atoms with van der Waals surface area (Å²) >= 11 is 0. The molecule has 42 heavy (non-hydrogen) atoms. The molecule has 3 fully saturated rings. The Bertz CT molecular complexity index is 1260. The number of morpholine rings is 1. The van der Waals surface area contributed by atoms with Crippen LogP contribution in [0.2, 0.25) is 0 Å². The molecule has 2 aromatic carbocycles. The summed E-state index contributed by atoms with van der Waals surface area (Å²) in [6.45, 7) is 5.47. The molecule has 1 atom stereocenters. The van der Waals surface area contributed by atoms with Crippen molar-refractivity contribution in [1.29, 1.82) is 0 Å². The fourth-order valence-electron chi connectivity index (χ4n) is 5.87. The highest BCUT2D eigenvalue weighted by Crippen LogP contribution is 2.29. The van der Waals surface area contributed by atoms with E-state index in [4.69, 9.17) is 4.74 Å². The molecule has 12 heteroatoms. The van der Waals surface area contributed by atoms with E-state index in [9.17, 15) is 27.6 Å². The molecule has 5 rings (SSSR count). The third-order valence-corrected chi connectivity index (χ3v) is 8.20. The molecule has 2 N–H and O–H groups in total. The Morgan fingerprint density at radius 1 is 0.881 bits per heavy atom. The summed E-state index contributed by atoms with van der Waals surface area (Å²) in [6, 6.07) is 12.3. The number of ether oxygens (including phenoxy) is 1. The normalized spacial score (nSPS) is 20.4. The number of nitrogens with zero attached hydrogens (tertiary/aromatic N) is 3. The molecule has 0 radical (unpaired) electrons. The number of hydrogen-bond acceptors (Lipinski definition) is 6. The highest BCUT2D eigenvalue weighted by Gasteiger charge is 2.32. The number of alkyl halides is 3. The van der Waals surface area contributed by atoms with Crippen LogP contribution in [0.25, 0.3) is 0 Å². The number of nitrogens with one attached hydrogen (secondary N) is 2. The molecular formula is C30H36F3N5O4. The average Bonchev–Trinajstić information content (AvgIpc) is 3.48. The number of amides is 3. The van der Waals surface area contributed by atoms with Crippen LogP contribution in [0.3, 0.4) is 0 Å². The lowest BCUT2D eigenvalue weighted by Crippen LogP contribution is -2.46. The number of piperidine rings is 1. The van der Waals surface area contributed by atoms with Gasteiger partial charge in [-0.15, -0.1) is 0 Å². The van der Waals surface area contributed by atoms with E-state index < -0.39 is 17.6 Å². The molecule has 2 aromatic rings. The van der Waals surface area contributed by atoms with E-state index in [0.29, 0.717) is 37.9 Å². The SMILES string of the molecule is O=C(CNC(=O)c1cccc(C(F)(F)F)c1)N[C@H]1CCN(C2CCN(c3ccc(C(=O)N4CCOCC4)cc3)CC2)C1. The summed E-state index contributed by atoms with van der Waals surface area (Å²) in [5.74, 6) is -1.06. The largest absolute Gasteiger partial charge is 0.416 e. The number of carbonyl (C=O) groups excluding carboxylic acids is 3. The smallest absolute Gasteiger partial charge is 0.378 e. The summed E-state index contributed by atoms with van der Waals surface area (Å²) < 4.78 is 44.1. The maximum absolute atomic E-state index is 12.9. The molecule has 0 aliphatic carbocycles.